The van der Waals surface area contributed by atoms with Crippen LogP contribution in [0.25, 0.3) is 10.2 Å². The molecule has 0 amide bonds. The fraction of sp³-hybridized carbons (Fsp3) is 0.294. The average molecular weight is 403 g/mol. The molecule has 0 fully saturated rings. The molecule has 0 saturated heterocycles. The third kappa shape index (κ3) is 3.33. The van der Waals surface area contributed by atoms with Crippen LogP contribution in [0.15, 0.2) is 24.5 Å². The Morgan fingerprint density at radius 3 is 2.19 bits per heavy atom. The van der Waals surface area contributed by atoms with Gasteiger partial charge in [-0.1, -0.05) is 0 Å². The van der Waals surface area contributed by atoms with Crippen molar-refractivity contribution in [2.45, 2.75) is 31.6 Å². The van der Waals surface area contributed by atoms with Crippen LogP contribution in [0, 0.1) is 0 Å². The third-order valence-electron chi connectivity index (χ3n) is 4.35. The maximum atomic E-state index is 13.0. The molecule has 2 heterocycles. The van der Waals surface area contributed by atoms with Crippen molar-refractivity contribution < 1.29 is 26.3 Å². The summed E-state index contributed by atoms with van der Waals surface area (Å²) in [6, 6.07) is 1.40. The molecule has 3 aromatic rings. The van der Waals surface area contributed by atoms with Crippen LogP contribution in [-0.2, 0) is 25.2 Å². The van der Waals surface area contributed by atoms with E-state index >= 15 is 0 Å². The third-order valence-corrected chi connectivity index (χ3v) is 5.55. The van der Waals surface area contributed by atoms with Gasteiger partial charge in [-0.05, 0) is 43.0 Å². The van der Waals surface area contributed by atoms with Crippen LogP contribution in [0.4, 0.5) is 37.8 Å². The minimum absolute atomic E-state index is 0.100. The number of rotatable bonds is 2. The second-order valence-corrected chi connectivity index (χ2v) is 7.26. The predicted octanol–water partition coefficient (Wildman–Crippen LogP) is 5.96. The van der Waals surface area contributed by atoms with E-state index in [-0.39, 0.29) is 17.6 Å². The van der Waals surface area contributed by atoms with Gasteiger partial charge in [0.05, 0.1) is 16.5 Å². The fourth-order valence-electron chi connectivity index (χ4n) is 3.19. The molecule has 0 atom stereocenters. The Morgan fingerprint density at radius 2 is 1.56 bits per heavy atom. The zero-order valence-corrected chi connectivity index (χ0v) is 14.3. The van der Waals surface area contributed by atoms with E-state index in [4.69, 9.17) is 0 Å². The van der Waals surface area contributed by atoms with Crippen LogP contribution >= 0.6 is 11.3 Å². The van der Waals surface area contributed by atoms with Crippen molar-refractivity contribution in [3.05, 3.63) is 46.1 Å². The summed E-state index contributed by atoms with van der Waals surface area (Å²) in [7, 11) is 0. The van der Waals surface area contributed by atoms with Gasteiger partial charge in [0.2, 0.25) is 0 Å². The number of hydrogen-bond donors (Lipinski definition) is 1. The lowest BCUT2D eigenvalue weighted by atomic mass is 10.1. The number of halogens is 6. The van der Waals surface area contributed by atoms with E-state index < -0.39 is 23.5 Å². The smallest absolute Gasteiger partial charge is 0.340 e. The lowest BCUT2D eigenvalue weighted by molar-refractivity contribution is -0.143. The van der Waals surface area contributed by atoms with Crippen LogP contribution in [-0.4, -0.2) is 9.97 Å². The number of aromatic nitrogens is 2. The first-order chi connectivity index (χ1) is 12.6. The molecule has 1 aromatic carbocycles. The Bertz CT molecular complexity index is 990. The van der Waals surface area contributed by atoms with E-state index in [1.165, 1.54) is 17.7 Å². The van der Waals surface area contributed by atoms with Crippen LogP contribution in [0.5, 0.6) is 0 Å². The summed E-state index contributed by atoms with van der Waals surface area (Å²) in [5.74, 6) is 0.215. The highest BCUT2D eigenvalue weighted by atomic mass is 32.1. The summed E-state index contributed by atoms with van der Waals surface area (Å²) in [6.07, 6.45) is -5.93. The van der Waals surface area contributed by atoms with Gasteiger partial charge in [0.15, 0.2) is 0 Å². The average Bonchev–Trinajstić information content (AvgIpc) is 3.14. The molecule has 0 bridgehead atoms. The van der Waals surface area contributed by atoms with Gasteiger partial charge in [-0.3, -0.25) is 0 Å². The van der Waals surface area contributed by atoms with E-state index in [1.807, 2.05) is 0 Å². The second kappa shape index (κ2) is 6.08. The summed E-state index contributed by atoms with van der Waals surface area (Å²) < 4.78 is 78.2. The molecule has 0 saturated carbocycles. The first-order valence-electron chi connectivity index (χ1n) is 7.94. The largest absolute Gasteiger partial charge is 0.416 e. The number of nitrogens with one attached hydrogen (secondary N) is 1. The number of anilines is 2. The van der Waals surface area contributed by atoms with E-state index in [2.05, 4.69) is 15.3 Å². The molecule has 3 nitrogen and oxygen atoms in total. The van der Waals surface area contributed by atoms with Crippen molar-refractivity contribution >= 4 is 33.1 Å². The number of alkyl halides is 6. The first-order valence-corrected chi connectivity index (χ1v) is 8.76. The zero-order valence-electron chi connectivity index (χ0n) is 13.5. The van der Waals surface area contributed by atoms with Gasteiger partial charge in [0.1, 0.15) is 17.0 Å². The second-order valence-electron chi connectivity index (χ2n) is 6.18. The summed E-state index contributed by atoms with van der Waals surface area (Å²) in [5, 5.41) is 3.31. The van der Waals surface area contributed by atoms with Gasteiger partial charge in [-0.25, -0.2) is 9.97 Å². The lowest BCUT2D eigenvalue weighted by Gasteiger charge is -2.15. The molecule has 10 heteroatoms. The normalized spacial score (nSPS) is 14.6. The van der Waals surface area contributed by atoms with Crippen molar-refractivity contribution in [3.63, 3.8) is 0 Å². The van der Waals surface area contributed by atoms with Crippen LogP contribution in [0.2, 0.25) is 0 Å². The highest BCUT2D eigenvalue weighted by molar-refractivity contribution is 7.19. The zero-order chi connectivity index (χ0) is 19.4. The van der Waals surface area contributed by atoms with Gasteiger partial charge in [-0.15, -0.1) is 11.3 Å². The standard InChI is InChI=1S/C17H11F6N3S/c18-16(19,20)8-4-9(17(21,22)23)6-10(5-8)26-14-13-11-2-1-3-12(11)27-15(13)25-7-24-14/h4-7H,1-3H2,(H,24,25,26). The van der Waals surface area contributed by atoms with Crippen LogP contribution in [0.3, 0.4) is 0 Å². The molecule has 27 heavy (non-hydrogen) atoms. The van der Waals surface area contributed by atoms with Crippen molar-refractivity contribution in [1.82, 2.24) is 9.97 Å². The minimum atomic E-state index is -4.90. The lowest BCUT2D eigenvalue weighted by Crippen LogP contribution is -2.11. The van der Waals surface area contributed by atoms with Gasteiger partial charge in [0, 0.05) is 10.6 Å². The Kier molecular flexibility index (Phi) is 4.06. The van der Waals surface area contributed by atoms with E-state index in [1.54, 1.807) is 0 Å². The number of aryl methyl sites for hydroxylation is 2. The highest BCUT2D eigenvalue weighted by Crippen LogP contribution is 2.41. The summed E-state index contributed by atoms with van der Waals surface area (Å²) in [6.45, 7) is 0. The molecule has 1 N–H and O–H groups in total. The van der Waals surface area contributed by atoms with E-state index in [0.717, 1.165) is 29.7 Å². The molecule has 0 unspecified atom stereocenters. The molecule has 0 aliphatic heterocycles. The molecule has 2 aromatic heterocycles. The maximum Gasteiger partial charge on any atom is 0.416 e. The molecular weight excluding hydrogens is 392 g/mol. The van der Waals surface area contributed by atoms with Gasteiger partial charge < -0.3 is 5.32 Å². The number of hydrogen-bond acceptors (Lipinski definition) is 4. The Hall–Kier alpha value is -2.36. The maximum absolute atomic E-state index is 13.0. The van der Waals surface area contributed by atoms with Crippen molar-refractivity contribution in [1.29, 1.82) is 0 Å². The monoisotopic (exact) mass is 403 g/mol. The summed E-state index contributed by atoms with van der Waals surface area (Å²) >= 11 is 1.47. The number of thiophene rings is 1. The Labute approximate surface area is 153 Å². The number of benzene rings is 1. The Morgan fingerprint density at radius 1 is 0.889 bits per heavy atom. The van der Waals surface area contributed by atoms with Crippen molar-refractivity contribution in [2.24, 2.45) is 0 Å². The molecule has 0 spiro atoms. The van der Waals surface area contributed by atoms with Crippen LogP contribution < -0.4 is 5.32 Å². The molecule has 4 rings (SSSR count). The van der Waals surface area contributed by atoms with E-state index in [0.29, 0.717) is 22.3 Å². The quantitative estimate of drug-likeness (QED) is 0.537. The molecule has 1 aliphatic rings. The van der Waals surface area contributed by atoms with Crippen molar-refractivity contribution in [3.8, 4) is 0 Å². The van der Waals surface area contributed by atoms with Gasteiger partial charge >= 0.3 is 12.4 Å². The molecule has 142 valence electrons. The fourth-order valence-corrected chi connectivity index (χ4v) is 4.42. The summed E-state index contributed by atoms with van der Waals surface area (Å²) in [5.41, 5.74) is -2.06. The Balaban J connectivity index is 1.82. The molecule has 0 radical (unpaired) electrons. The first kappa shape index (κ1) is 18.0. The van der Waals surface area contributed by atoms with Crippen molar-refractivity contribution in [2.75, 3.05) is 5.32 Å². The highest BCUT2D eigenvalue weighted by Gasteiger charge is 2.37. The SMILES string of the molecule is FC(F)(F)c1cc(Nc2ncnc3sc4c(c23)CCC4)cc(C(F)(F)F)c1. The summed E-state index contributed by atoms with van der Waals surface area (Å²) in [4.78, 5) is 10.0. The molecule has 1 aliphatic carbocycles. The number of nitrogens with zero attached hydrogens (tertiary/aromatic N) is 2. The topological polar surface area (TPSA) is 37.8 Å². The van der Waals surface area contributed by atoms with Gasteiger partial charge in [0.25, 0.3) is 0 Å². The van der Waals surface area contributed by atoms with Gasteiger partial charge in [-0.2, -0.15) is 26.3 Å². The molecular formula is C17H11F6N3S. The van der Waals surface area contributed by atoms with Crippen LogP contribution in [0.1, 0.15) is 28.0 Å². The minimum Gasteiger partial charge on any atom is -0.340 e. The van der Waals surface area contributed by atoms with E-state index in [9.17, 15) is 26.3 Å². The number of fused-ring (bicyclic) bond motifs is 3. The predicted molar refractivity (Wildman–Crippen MR) is 89.2 cm³/mol.